The highest BCUT2D eigenvalue weighted by Crippen LogP contribution is 2.23. The van der Waals surface area contributed by atoms with E-state index in [2.05, 4.69) is 4.98 Å². The van der Waals surface area contributed by atoms with Crippen molar-refractivity contribution in [2.45, 2.75) is 11.8 Å². The van der Waals surface area contributed by atoms with Gasteiger partial charge in [0.05, 0.1) is 11.4 Å². The van der Waals surface area contributed by atoms with Crippen molar-refractivity contribution in [3.8, 4) is 0 Å². The molecule has 1 aromatic rings. The van der Waals surface area contributed by atoms with Crippen LogP contribution in [0.1, 0.15) is 12.6 Å². The molecule has 0 saturated heterocycles. The van der Waals surface area contributed by atoms with Crippen LogP contribution in [0.3, 0.4) is 0 Å². The molecule has 0 spiro atoms. The van der Waals surface area contributed by atoms with Crippen molar-refractivity contribution in [2.75, 3.05) is 5.75 Å². The molecule has 1 aromatic heterocycles. The summed E-state index contributed by atoms with van der Waals surface area (Å²) in [6, 6.07) is 3.68. The molecular weight excluding hydrogens is 224 g/mol. The fraction of sp³-hybridized carbons (Fsp3) is 0.182. The van der Waals surface area contributed by atoms with E-state index in [1.54, 1.807) is 24.0 Å². The standard InChI is InChI=1S/C11H12N2O2S/c1-2-16-10-4-3-5-13-11(10)9(12)6-8(15)7-14/h3-7H,2,12H2,1H3/b9-6-. The summed E-state index contributed by atoms with van der Waals surface area (Å²) in [5.74, 6) is 0.226. The highest BCUT2D eigenvalue weighted by atomic mass is 32.2. The highest BCUT2D eigenvalue weighted by molar-refractivity contribution is 7.99. The molecule has 0 aliphatic rings. The minimum absolute atomic E-state index is 0.216. The van der Waals surface area contributed by atoms with Crippen LogP contribution < -0.4 is 5.73 Å². The Labute approximate surface area is 97.9 Å². The fourth-order valence-electron chi connectivity index (χ4n) is 1.13. The molecule has 0 aromatic carbocycles. The van der Waals surface area contributed by atoms with Crippen LogP contribution in [-0.2, 0) is 9.59 Å². The van der Waals surface area contributed by atoms with Crippen LogP contribution in [0, 0.1) is 0 Å². The van der Waals surface area contributed by atoms with Gasteiger partial charge in [-0.15, -0.1) is 11.8 Å². The predicted octanol–water partition coefficient (Wildman–Crippen LogP) is 1.26. The van der Waals surface area contributed by atoms with E-state index in [0.717, 1.165) is 16.7 Å². The quantitative estimate of drug-likeness (QED) is 0.360. The number of nitrogens with zero attached hydrogens (tertiary/aromatic N) is 1. The SMILES string of the molecule is CCSc1cccnc1/C(N)=C/C(=O)C=O. The van der Waals surface area contributed by atoms with Gasteiger partial charge in [0.2, 0.25) is 5.78 Å². The number of aldehydes is 1. The fourth-order valence-corrected chi connectivity index (χ4v) is 1.93. The van der Waals surface area contributed by atoms with E-state index in [9.17, 15) is 9.59 Å². The van der Waals surface area contributed by atoms with Gasteiger partial charge >= 0.3 is 0 Å². The number of hydrogen-bond acceptors (Lipinski definition) is 5. The smallest absolute Gasteiger partial charge is 0.220 e. The van der Waals surface area contributed by atoms with Gasteiger partial charge in [-0.25, -0.2) is 0 Å². The molecule has 4 nitrogen and oxygen atoms in total. The van der Waals surface area contributed by atoms with Crippen molar-refractivity contribution in [2.24, 2.45) is 5.73 Å². The van der Waals surface area contributed by atoms with Crippen LogP contribution in [0.2, 0.25) is 0 Å². The van der Waals surface area contributed by atoms with E-state index in [-0.39, 0.29) is 12.0 Å². The topological polar surface area (TPSA) is 73.0 Å². The summed E-state index contributed by atoms with van der Waals surface area (Å²) >= 11 is 1.58. The molecule has 1 heterocycles. The third-order valence-electron chi connectivity index (χ3n) is 1.76. The van der Waals surface area contributed by atoms with E-state index < -0.39 is 5.78 Å². The zero-order chi connectivity index (χ0) is 12.0. The molecule has 0 bridgehead atoms. The summed E-state index contributed by atoms with van der Waals surface area (Å²) in [5, 5.41) is 0. The Balaban J connectivity index is 3.07. The first-order chi connectivity index (χ1) is 7.69. The van der Waals surface area contributed by atoms with Crippen LogP contribution in [0.5, 0.6) is 0 Å². The predicted molar refractivity (Wildman–Crippen MR) is 63.9 cm³/mol. The van der Waals surface area contributed by atoms with Crippen molar-refractivity contribution in [1.29, 1.82) is 0 Å². The van der Waals surface area contributed by atoms with E-state index in [0.29, 0.717) is 5.69 Å². The maximum absolute atomic E-state index is 10.9. The summed E-state index contributed by atoms with van der Waals surface area (Å²) in [7, 11) is 0. The average Bonchev–Trinajstić information content (AvgIpc) is 2.30. The second-order valence-electron chi connectivity index (χ2n) is 2.90. The summed E-state index contributed by atoms with van der Waals surface area (Å²) in [6.45, 7) is 2.01. The Bertz CT molecular complexity index is 430. The third kappa shape index (κ3) is 3.20. The van der Waals surface area contributed by atoms with Crippen LogP contribution in [0.25, 0.3) is 5.70 Å². The molecule has 0 saturated carbocycles. The van der Waals surface area contributed by atoms with Crippen LogP contribution in [0.4, 0.5) is 0 Å². The van der Waals surface area contributed by atoms with Crippen LogP contribution in [0.15, 0.2) is 29.3 Å². The number of pyridine rings is 1. The number of carbonyl (C=O) groups excluding carboxylic acids is 2. The molecule has 2 N–H and O–H groups in total. The Morgan fingerprint density at radius 2 is 2.38 bits per heavy atom. The molecule has 0 unspecified atom stereocenters. The number of hydrogen-bond donors (Lipinski definition) is 1. The molecule has 0 aliphatic heterocycles. The van der Waals surface area contributed by atoms with Gasteiger partial charge < -0.3 is 5.73 Å². The van der Waals surface area contributed by atoms with Gasteiger partial charge in [0.25, 0.3) is 0 Å². The number of aromatic nitrogens is 1. The zero-order valence-electron chi connectivity index (χ0n) is 8.84. The summed E-state index contributed by atoms with van der Waals surface area (Å²) in [4.78, 5) is 26.1. The van der Waals surface area contributed by atoms with Gasteiger partial charge in [0.15, 0.2) is 6.29 Å². The molecule has 0 radical (unpaired) electrons. The van der Waals surface area contributed by atoms with Gasteiger partial charge in [-0.05, 0) is 17.9 Å². The lowest BCUT2D eigenvalue weighted by atomic mass is 10.2. The van der Waals surface area contributed by atoms with Crippen molar-refractivity contribution in [3.63, 3.8) is 0 Å². The van der Waals surface area contributed by atoms with E-state index in [4.69, 9.17) is 5.73 Å². The van der Waals surface area contributed by atoms with Gasteiger partial charge in [0.1, 0.15) is 0 Å². The molecular formula is C11H12N2O2S. The average molecular weight is 236 g/mol. The molecule has 5 heteroatoms. The first-order valence-electron chi connectivity index (χ1n) is 4.73. The molecule has 1 rings (SSSR count). The summed E-state index contributed by atoms with van der Waals surface area (Å²) in [6.07, 6.45) is 2.92. The highest BCUT2D eigenvalue weighted by Gasteiger charge is 2.07. The lowest BCUT2D eigenvalue weighted by molar-refractivity contribution is -0.126. The molecule has 0 amide bonds. The number of thioether (sulfide) groups is 1. The first kappa shape index (κ1) is 12.4. The van der Waals surface area contributed by atoms with E-state index in [1.807, 2.05) is 13.0 Å². The summed E-state index contributed by atoms with van der Waals surface area (Å²) < 4.78 is 0. The molecule has 0 aliphatic carbocycles. The lowest BCUT2D eigenvalue weighted by Crippen LogP contribution is -2.05. The Morgan fingerprint density at radius 3 is 3.00 bits per heavy atom. The number of ketones is 1. The lowest BCUT2D eigenvalue weighted by Gasteiger charge is -2.06. The number of carbonyl (C=O) groups is 2. The minimum atomic E-state index is -0.657. The normalized spacial score (nSPS) is 11.2. The van der Waals surface area contributed by atoms with Gasteiger partial charge in [-0.3, -0.25) is 14.6 Å². The minimum Gasteiger partial charge on any atom is -0.397 e. The maximum atomic E-state index is 10.9. The van der Waals surface area contributed by atoms with E-state index >= 15 is 0 Å². The Kier molecular flexibility index (Phi) is 4.72. The van der Waals surface area contributed by atoms with Crippen molar-refractivity contribution in [3.05, 3.63) is 30.1 Å². The summed E-state index contributed by atoms with van der Waals surface area (Å²) in [5.41, 5.74) is 6.47. The molecule has 16 heavy (non-hydrogen) atoms. The number of rotatable bonds is 5. The molecule has 0 fully saturated rings. The van der Waals surface area contributed by atoms with Gasteiger partial charge in [-0.1, -0.05) is 6.92 Å². The second kappa shape index (κ2) is 6.07. The number of allylic oxidation sites excluding steroid dienone is 1. The Hall–Kier alpha value is -1.62. The molecule has 0 atom stereocenters. The third-order valence-corrected chi connectivity index (χ3v) is 2.69. The Morgan fingerprint density at radius 1 is 1.62 bits per heavy atom. The van der Waals surface area contributed by atoms with Crippen molar-refractivity contribution < 1.29 is 9.59 Å². The number of nitrogens with two attached hydrogens (primary N) is 1. The zero-order valence-corrected chi connectivity index (χ0v) is 9.66. The first-order valence-corrected chi connectivity index (χ1v) is 5.72. The monoisotopic (exact) mass is 236 g/mol. The second-order valence-corrected chi connectivity index (χ2v) is 4.21. The van der Waals surface area contributed by atoms with Gasteiger partial charge in [-0.2, -0.15) is 0 Å². The van der Waals surface area contributed by atoms with Crippen molar-refractivity contribution in [1.82, 2.24) is 4.98 Å². The van der Waals surface area contributed by atoms with Crippen LogP contribution >= 0.6 is 11.8 Å². The van der Waals surface area contributed by atoms with Crippen molar-refractivity contribution >= 4 is 29.5 Å². The largest absolute Gasteiger partial charge is 0.397 e. The molecule has 84 valence electrons. The van der Waals surface area contributed by atoms with Gasteiger partial charge in [0, 0.05) is 17.2 Å². The maximum Gasteiger partial charge on any atom is 0.220 e. The van der Waals surface area contributed by atoms with E-state index in [1.165, 1.54) is 0 Å². The van der Waals surface area contributed by atoms with Crippen LogP contribution in [-0.4, -0.2) is 22.8 Å².